The van der Waals surface area contributed by atoms with Crippen LogP contribution < -0.4 is 0 Å². The molecule has 3 unspecified atom stereocenters. The SMILES string of the molecule is CC/C=C\C/C=C\C/C=C\C/C=C\CCCCC(=O)OC(COC(=O)CCCCCCCCC/C=C\C/C=C\C/C=C\CC)COP(=O)(O)OCC(O)CO. The Balaban J connectivity index is 4.42. The Morgan fingerprint density at radius 3 is 1.45 bits per heavy atom. The maximum Gasteiger partial charge on any atom is 0.472 e. The summed E-state index contributed by atoms with van der Waals surface area (Å²) >= 11 is 0. The van der Waals surface area contributed by atoms with Crippen molar-refractivity contribution in [2.45, 2.75) is 154 Å². The van der Waals surface area contributed by atoms with E-state index in [1.54, 1.807) is 0 Å². The average Bonchev–Trinajstić information content (AvgIpc) is 3.17. The van der Waals surface area contributed by atoms with Crippen LogP contribution >= 0.6 is 7.82 Å². The van der Waals surface area contributed by atoms with Gasteiger partial charge in [-0.05, 0) is 83.5 Å². The van der Waals surface area contributed by atoms with Crippen molar-refractivity contribution in [3.05, 3.63) is 85.1 Å². The molecule has 11 heteroatoms. The molecule has 0 fully saturated rings. The van der Waals surface area contributed by atoms with Gasteiger partial charge in [0.15, 0.2) is 6.10 Å². The zero-order chi connectivity index (χ0) is 40.5. The van der Waals surface area contributed by atoms with E-state index >= 15 is 0 Å². The molecule has 0 saturated carbocycles. The fraction of sp³-hybridized carbons (Fsp3) is 0.636. The van der Waals surface area contributed by atoms with E-state index in [0.717, 1.165) is 89.9 Å². The highest BCUT2D eigenvalue weighted by Crippen LogP contribution is 2.43. The van der Waals surface area contributed by atoms with Crippen molar-refractivity contribution < 1.29 is 47.8 Å². The predicted octanol–water partition coefficient (Wildman–Crippen LogP) is 10.7. The van der Waals surface area contributed by atoms with Crippen LogP contribution in [0.25, 0.3) is 0 Å². The molecule has 0 saturated heterocycles. The summed E-state index contributed by atoms with van der Waals surface area (Å²) in [7, 11) is -4.63. The number of esters is 2. The average molecular weight is 793 g/mol. The lowest BCUT2D eigenvalue weighted by atomic mass is 10.1. The summed E-state index contributed by atoms with van der Waals surface area (Å²) in [5.74, 6) is -0.995. The molecule has 0 heterocycles. The summed E-state index contributed by atoms with van der Waals surface area (Å²) in [5.41, 5.74) is 0. The van der Waals surface area contributed by atoms with Crippen molar-refractivity contribution in [3.63, 3.8) is 0 Å². The van der Waals surface area contributed by atoms with Crippen LogP contribution in [0.3, 0.4) is 0 Å². The zero-order valence-electron chi connectivity index (χ0n) is 33.9. The minimum absolute atomic E-state index is 0.125. The molecule has 0 aliphatic carbocycles. The van der Waals surface area contributed by atoms with Gasteiger partial charge in [0.05, 0.1) is 19.8 Å². The van der Waals surface area contributed by atoms with E-state index in [1.165, 1.54) is 12.8 Å². The lowest BCUT2D eigenvalue weighted by Crippen LogP contribution is -2.29. The van der Waals surface area contributed by atoms with Crippen LogP contribution in [-0.2, 0) is 32.7 Å². The van der Waals surface area contributed by atoms with Gasteiger partial charge in [-0.3, -0.25) is 18.6 Å². The van der Waals surface area contributed by atoms with Crippen LogP contribution in [0.1, 0.15) is 142 Å². The second kappa shape index (κ2) is 39.4. The molecule has 0 rings (SSSR count). The Morgan fingerprint density at radius 1 is 0.545 bits per heavy atom. The van der Waals surface area contributed by atoms with Crippen LogP contribution in [-0.4, -0.2) is 65.7 Å². The van der Waals surface area contributed by atoms with Crippen molar-refractivity contribution in [1.82, 2.24) is 0 Å². The Kier molecular flexibility index (Phi) is 37.3. The first-order chi connectivity index (χ1) is 26.7. The van der Waals surface area contributed by atoms with Crippen molar-refractivity contribution >= 4 is 19.8 Å². The highest BCUT2D eigenvalue weighted by atomic mass is 31.2. The van der Waals surface area contributed by atoms with Gasteiger partial charge < -0.3 is 24.6 Å². The number of phosphoric ester groups is 1. The van der Waals surface area contributed by atoms with E-state index in [0.29, 0.717) is 12.8 Å². The molecule has 3 N–H and O–H groups in total. The monoisotopic (exact) mass is 792 g/mol. The molecule has 0 aromatic carbocycles. The fourth-order valence-corrected chi connectivity index (χ4v) is 5.73. The van der Waals surface area contributed by atoms with Gasteiger partial charge in [0.2, 0.25) is 0 Å². The van der Waals surface area contributed by atoms with E-state index in [2.05, 4.69) is 103 Å². The first-order valence-electron chi connectivity index (χ1n) is 20.5. The third-order valence-electron chi connectivity index (χ3n) is 8.04. The third kappa shape index (κ3) is 39.2. The number of phosphoric acid groups is 1. The molecule has 0 aliphatic rings. The number of ether oxygens (including phenoxy) is 2. The summed E-state index contributed by atoms with van der Waals surface area (Å²) in [4.78, 5) is 34.9. The van der Waals surface area contributed by atoms with Crippen LogP contribution in [0.4, 0.5) is 0 Å². The van der Waals surface area contributed by atoms with Gasteiger partial charge in [-0.15, -0.1) is 0 Å². The first-order valence-corrected chi connectivity index (χ1v) is 22.0. The summed E-state index contributed by atoms with van der Waals surface area (Å²) in [6.07, 6.45) is 45.5. The highest BCUT2D eigenvalue weighted by molar-refractivity contribution is 7.47. The van der Waals surface area contributed by atoms with Gasteiger partial charge >= 0.3 is 19.8 Å². The topological polar surface area (TPSA) is 149 Å². The molecule has 314 valence electrons. The first kappa shape index (κ1) is 52.2. The quantitative estimate of drug-likeness (QED) is 0.0240. The second-order valence-corrected chi connectivity index (χ2v) is 14.7. The molecule has 0 radical (unpaired) electrons. The molecule has 0 aliphatic heterocycles. The highest BCUT2D eigenvalue weighted by Gasteiger charge is 2.27. The van der Waals surface area contributed by atoms with E-state index in [4.69, 9.17) is 19.1 Å². The summed E-state index contributed by atoms with van der Waals surface area (Å²) < 4.78 is 32.6. The predicted molar refractivity (Wildman–Crippen MR) is 223 cm³/mol. The van der Waals surface area contributed by atoms with Crippen LogP contribution in [0.5, 0.6) is 0 Å². The number of aliphatic hydroxyl groups excluding tert-OH is 2. The maximum absolute atomic E-state index is 12.6. The number of aliphatic hydroxyl groups is 2. The van der Waals surface area contributed by atoms with E-state index in [9.17, 15) is 24.2 Å². The standard InChI is InChI=1S/C44H73O10P/c1-3-5-7-9-11-13-15-17-19-20-22-23-25-27-29-31-33-35-43(47)51-39-42(40-53-55(49,50)52-38-41(46)37-45)54-44(48)36-34-32-30-28-26-24-21-18-16-14-12-10-8-6-4-2/h5-8,11-14,17-19,21,26,28,41-42,45-46H,3-4,9-10,15-16,20,22-25,27,29-40H2,1-2H3,(H,49,50)/b7-5-,8-6-,13-11-,14-12-,19-17-,21-18-,28-26-. The lowest BCUT2D eigenvalue weighted by Gasteiger charge is -2.20. The number of carbonyl (C=O) groups excluding carboxylic acids is 2. The second-order valence-electron chi connectivity index (χ2n) is 13.2. The Hall–Kier alpha value is -2.85. The number of rotatable bonds is 37. The minimum Gasteiger partial charge on any atom is -0.462 e. The maximum atomic E-state index is 12.6. The van der Waals surface area contributed by atoms with E-state index < -0.39 is 51.8 Å². The summed E-state index contributed by atoms with van der Waals surface area (Å²) in [6.45, 7) is 2.07. The molecule has 3 atom stereocenters. The zero-order valence-corrected chi connectivity index (χ0v) is 34.7. The lowest BCUT2D eigenvalue weighted by molar-refractivity contribution is -0.161. The van der Waals surface area contributed by atoms with Gasteiger partial charge in [-0.1, -0.05) is 131 Å². The normalized spacial score (nSPS) is 14.8. The van der Waals surface area contributed by atoms with E-state index in [-0.39, 0.29) is 19.4 Å². The Labute approximate surface area is 332 Å². The summed E-state index contributed by atoms with van der Waals surface area (Å²) in [6, 6.07) is 0. The molecule has 0 bridgehead atoms. The molecule has 10 nitrogen and oxygen atoms in total. The van der Waals surface area contributed by atoms with Crippen molar-refractivity contribution in [2.24, 2.45) is 0 Å². The number of allylic oxidation sites excluding steroid dienone is 14. The van der Waals surface area contributed by atoms with Gasteiger partial charge in [0, 0.05) is 12.8 Å². The Morgan fingerprint density at radius 2 is 0.945 bits per heavy atom. The van der Waals surface area contributed by atoms with Crippen molar-refractivity contribution in [3.8, 4) is 0 Å². The number of carbonyl (C=O) groups is 2. The van der Waals surface area contributed by atoms with Crippen LogP contribution in [0.15, 0.2) is 85.1 Å². The molecular weight excluding hydrogens is 719 g/mol. The fourth-order valence-electron chi connectivity index (χ4n) is 4.94. The molecule has 0 amide bonds. The number of hydrogen-bond acceptors (Lipinski definition) is 9. The molecule has 0 aromatic rings. The number of hydrogen-bond donors (Lipinski definition) is 3. The van der Waals surface area contributed by atoms with Gasteiger partial charge in [-0.25, -0.2) is 4.57 Å². The smallest absolute Gasteiger partial charge is 0.462 e. The van der Waals surface area contributed by atoms with Crippen LogP contribution in [0.2, 0.25) is 0 Å². The van der Waals surface area contributed by atoms with Gasteiger partial charge in [0.25, 0.3) is 0 Å². The number of unbranched alkanes of at least 4 members (excludes halogenated alkanes) is 9. The molecule has 55 heavy (non-hydrogen) atoms. The largest absolute Gasteiger partial charge is 0.472 e. The molecule has 0 spiro atoms. The van der Waals surface area contributed by atoms with Gasteiger partial charge in [0.1, 0.15) is 12.7 Å². The molecule has 0 aromatic heterocycles. The van der Waals surface area contributed by atoms with Gasteiger partial charge in [-0.2, -0.15) is 0 Å². The summed E-state index contributed by atoms with van der Waals surface area (Å²) in [5, 5.41) is 18.3. The Bertz CT molecular complexity index is 1190. The van der Waals surface area contributed by atoms with Crippen molar-refractivity contribution in [2.75, 3.05) is 26.4 Å². The van der Waals surface area contributed by atoms with Crippen molar-refractivity contribution in [1.29, 1.82) is 0 Å². The minimum atomic E-state index is -4.63. The third-order valence-corrected chi connectivity index (χ3v) is 9.00. The van der Waals surface area contributed by atoms with E-state index in [1.807, 2.05) is 0 Å². The van der Waals surface area contributed by atoms with Crippen LogP contribution in [0, 0.1) is 0 Å². The molecular formula is C44H73O10P.